The Kier molecular flexibility index (Phi) is 5.48. The molecular weight excluding hydrogens is 370 g/mol. The van der Waals surface area contributed by atoms with E-state index in [2.05, 4.69) is 41.4 Å². The molecule has 3 aromatic rings. The van der Waals surface area contributed by atoms with Crippen LogP contribution in [0, 0.1) is 6.92 Å². The largest absolute Gasteiger partial charge is 0.497 e. The van der Waals surface area contributed by atoms with Gasteiger partial charge in [-0.2, -0.15) is 0 Å². The van der Waals surface area contributed by atoms with Gasteiger partial charge in [0.2, 0.25) is 0 Å². The Morgan fingerprint density at radius 2 is 1.79 bits per heavy atom. The molecular formula is C22H23N3O2S. The Labute approximate surface area is 169 Å². The van der Waals surface area contributed by atoms with E-state index in [-0.39, 0.29) is 5.25 Å². The van der Waals surface area contributed by atoms with Crippen LogP contribution in [0.3, 0.4) is 0 Å². The standard InChI is InChI=1S/C22H23N3O2S/c1-15-7-11-17(12-8-15)25-21(16-9-13-18(27-2)14-10-16)23-24-22(25)28-20-6-4-3-5-19(20)26/h7-14,20H,3-6H2,1-2H3. The van der Waals surface area contributed by atoms with E-state index >= 15 is 0 Å². The molecule has 1 unspecified atom stereocenters. The molecule has 6 heteroatoms. The lowest BCUT2D eigenvalue weighted by Gasteiger charge is -2.20. The topological polar surface area (TPSA) is 57.0 Å². The molecule has 1 fully saturated rings. The Hall–Kier alpha value is -2.60. The van der Waals surface area contributed by atoms with Crippen molar-refractivity contribution in [1.82, 2.24) is 14.8 Å². The quantitative estimate of drug-likeness (QED) is 0.620. The first-order valence-corrected chi connectivity index (χ1v) is 10.4. The number of hydrogen-bond acceptors (Lipinski definition) is 5. The molecule has 0 aliphatic heterocycles. The Morgan fingerprint density at radius 1 is 1.04 bits per heavy atom. The summed E-state index contributed by atoms with van der Waals surface area (Å²) >= 11 is 1.54. The van der Waals surface area contributed by atoms with Crippen LogP contribution in [-0.2, 0) is 4.79 Å². The minimum Gasteiger partial charge on any atom is -0.497 e. The second kappa shape index (κ2) is 8.19. The number of carbonyl (C=O) groups is 1. The van der Waals surface area contributed by atoms with Gasteiger partial charge in [-0.15, -0.1) is 10.2 Å². The van der Waals surface area contributed by atoms with Gasteiger partial charge in [-0.1, -0.05) is 35.9 Å². The van der Waals surface area contributed by atoms with E-state index in [1.807, 2.05) is 28.8 Å². The van der Waals surface area contributed by atoms with Gasteiger partial charge in [0.15, 0.2) is 11.0 Å². The summed E-state index contributed by atoms with van der Waals surface area (Å²) in [7, 11) is 1.65. The minimum atomic E-state index is -0.0362. The Bertz CT molecular complexity index is 964. The number of hydrogen-bond donors (Lipinski definition) is 0. The maximum atomic E-state index is 12.3. The number of rotatable bonds is 5. The van der Waals surface area contributed by atoms with Crippen LogP contribution in [-0.4, -0.2) is 32.9 Å². The zero-order chi connectivity index (χ0) is 19.5. The fourth-order valence-corrected chi connectivity index (χ4v) is 4.58. The number of methoxy groups -OCH3 is 1. The molecule has 1 saturated carbocycles. The molecule has 5 nitrogen and oxygen atoms in total. The summed E-state index contributed by atoms with van der Waals surface area (Å²) in [4.78, 5) is 12.3. The lowest BCUT2D eigenvalue weighted by atomic mass is 9.99. The summed E-state index contributed by atoms with van der Waals surface area (Å²) < 4.78 is 7.32. The third-order valence-corrected chi connectivity index (χ3v) is 6.28. The van der Waals surface area contributed by atoms with Gasteiger partial charge in [-0.25, -0.2) is 0 Å². The molecule has 4 rings (SSSR count). The third-order valence-electron chi connectivity index (χ3n) is 5.02. The highest BCUT2D eigenvalue weighted by atomic mass is 32.2. The zero-order valence-electron chi connectivity index (χ0n) is 16.1. The molecule has 28 heavy (non-hydrogen) atoms. The number of aryl methyl sites for hydroxylation is 1. The van der Waals surface area contributed by atoms with Gasteiger partial charge < -0.3 is 4.74 Å². The van der Waals surface area contributed by atoms with E-state index < -0.39 is 0 Å². The van der Waals surface area contributed by atoms with Crippen LogP contribution in [0.5, 0.6) is 5.75 Å². The van der Waals surface area contributed by atoms with E-state index in [0.29, 0.717) is 12.2 Å². The number of benzene rings is 2. The molecule has 1 aliphatic rings. The monoisotopic (exact) mass is 393 g/mol. The van der Waals surface area contributed by atoms with E-state index in [1.165, 1.54) is 17.3 Å². The van der Waals surface area contributed by atoms with E-state index in [1.54, 1.807) is 7.11 Å². The second-order valence-corrected chi connectivity index (χ2v) is 8.19. The summed E-state index contributed by atoms with van der Waals surface area (Å²) in [6.45, 7) is 2.07. The van der Waals surface area contributed by atoms with Crippen molar-refractivity contribution >= 4 is 17.5 Å². The molecule has 1 aliphatic carbocycles. The fraction of sp³-hybridized carbons (Fsp3) is 0.318. The van der Waals surface area contributed by atoms with Crippen LogP contribution in [0.25, 0.3) is 17.1 Å². The van der Waals surface area contributed by atoms with Gasteiger partial charge in [-0.3, -0.25) is 9.36 Å². The molecule has 0 N–H and O–H groups in total. The summed E-state index contributed by atoms with van der Waals surface area (Å²) in [5, 5.41) is 9.65. The highest BCUT2D eigenvalue weighted by Gasteiger charge is 2.27. The molecule has 0 radical (unpaired) electrons. The number of Topliss-reactive ketones (excluding diaryl/α,β-unsaturated/α-hetero) is 1. The van der Waals surface area contributed by atoms with E-state index in [9.17, 15) is 4.79 Å². The van der Waals surface area contributed by atoms with Crippen molar-refractivity contribution in [3.05, 3.63) is 54.1 Å². The summed E-state index contributed by atoms with van der Waals surface area (Å²) in [5.41, 5.74) is 3.14. The minimum absolute atomic E-state index is 0.0362. The molecule has 0 spiro atoms. The Balaban J connectivity index is 1.76. The number of thioether (sulfide) groups is 1. The van der Waals surface area contributed by atoms with Gasteiger partial charge in [0.25, 0.3) is 0 Å². The average Bonchev–Trinajstić information content (AvgIpc) is 3.14. The van der Waals surface area contributed by atoms with Crippen molar-refractivity contribution in [2.45, 2.75) is 43.0 Å². The summed E-state index contributed by atoms with van der Waals surface area (Å²) in [6, 6.07) is 16.1. The van der Waals surface area contributed by atoms with Gasteiger partial charge in [0.05, 0.1) is 12.4 Å². The predicted octanol–water partition coefficient (Wildman–Crippen LogP) is 4.86. The molecule has 0 bridgehead atoms. The lowest BCUT2D eigenvalue weighted by molar-refractivity contribution is -0.119. The molecule has 0 saturated heterocycles. The molecule has 1 atom stereocenters. The average molecular weight is 394 g/mol. The first-order chi connectivity index (χ1) is 13.7. The van der Waals surface area contributed by atoms with Crippen molar-refractivity contribution in [2.75, 3.05) is 7.11 Å². The van der Waals surface area contributed by atoms with Crippen LogP contribution in [0.15, 0.2) is 53.7 Å². The SMILES string of the molecule is COc1ccc(-c2nnc(SC3CCCCC3=O)n2-c2ccc(C)cc2)cc1. The van der Waals surface area contributed by atoms with Crippen LogP contribution in [0.1, 0.15) is 31.2 Å². The molecule has 0 amide bonds. The Morgan fingerprint density at radius 3 is 2.46 bits per heavy atom. The fourth-order valence-electron chi connectivity index (χ4n) is 3.40. The van der Waals surface area contributed by atoms with Crippen LogP contribution in [0.4, 0.5) is 0 Å². The smallest absolute Gasteiger partial charge is 0.196 e. The van der Waals surface area contributed by atoms with Crippen molar-refractivity contribution in [2.24, 2.45) is 0 Å². The molecule has 1 aromatic heterocycles. The molecule has 144 valence electrons. The summed E-state index contributed by atoms with van der Waals surface area (Å²) in [5.74, 6) is 1.88. The number of carbonyl (C=O) groups excluding carboxylic acids is 1. The van der Waals surface area contributed by atoms with Crippen molar-refractivity contribution < 1.29 is 9.53 Å². The first-order valence-electron chi connectivity index (χ1n) is 9.52. The van der Waals surface area contributed by atoms with Crippen LogP contribution >= 0.6 is 11.8 Å². The van der Waals surface area contributed by atoms with Crippen molar-refractivity contribution in [1.29, 1.82) is 0 Å². The van der Waals surface area contributed by atoms with Gasteiger partial charge >= 0.3 is 0 Å². The van der Waals surface area contributed by atoms with E-state index in [4.69, 9.17) is 4.74 Å². The van der Waals surface area contributed by atoms with Gasteiger partial charge in [0, 0.05) is 17.7 Å². The number of aromatic nitrogens is 3. The highest BCUT2D eigenvalue weighted by molar-refractivity contribution is 8.00. The third kappa shape index (κ3) is 3.83. The van der Waals surface area contributed by atoms with Crippen LogP contribution < -0.4 is 4.74 Å². The highest BCUT2D eigenvalue weighted by Crippen LogP contribution is 2.34. The van der Waals surface area contributed by atoms with E-state index in [0.717, 1.165) is 47.2 Å². The second-order valence-electron chi connectivity index (χ2n) is 7.02. The lowest BCUT2D eigenvalue weighted by Crippen LogP contribution is -2.21. The maximum absolute atomic E-state index is 12.3. The van der Waals surface area contributed by atoms with Crippen molar-refractivity contribution in [3.63, 3.8) is 0 Å². The van der Waals surface area contributed by atoms with Gasteiger partial charge in [-0.05, 0) is 56.2 Å². The first kappa shape index (κ1) is 18.7. The molecule has 1 heterocycles. The maximum Gasteiger partial charge on any atom is 0.196 e. The number of ketones is 1. The predicted molar refractivity (Wildman–Crippen MR) is 111 cm³/mol. The zero-order valence-corrected chi connectivity index (χ0v) is 16.9. The normalized spacial score (nSPS) is 16.9. The van der Waals surface area contributed by atoms with Crippen molar-refractivity contribution in [3.8, 4) is 22.8 Å². The number of ether oxygens (including phenoxy) is 1. The van der Waals surface area contributed by atoms with Crippen LogP contribution in [0.2, 0.25) is 0 Å². The number of nitrogens with zero attached hydrogens (tertiary/aromatic N) is 3. The van der Waals surface area contributed by atoms with Gasteiger partial charge in [0.1, 0.15) is 11.5 Å². The molecule has 2 aromatic carbocycles. The summed E-state index contributed by atoms with van der Waals surface area (Å²) in [6.07, 6.45) is 3.66.